The summed E-state index contributed by atoms with van der Waals surface area (Å²) in [6, 6.07) is 18.6. The molecule has 2 aromatic carbocycles. The molecule has 0 saturated carbocycles. The van der Waals surface area contributed by atoms with Crippen LogP contribution in [0.2, 0.25) is 0 Å². The van der Waals surface area contributed by atoms with Crippen molar-refractivity contribution in [3.05, 3.63) is 101 Å². The van der Waals surface area contributed by atoms with Gasteiger partial charge >= 0.3 is 0 Å². The van der Waals surface area contributed by atoms with Crippen LogP contribution in [0.3, 0.4) is 0 Å². The molecular weight excluding hydrogens is 382 g/mol. The van der Waals surface area contributed by atoms with E-state index in [9.17, 15) is 14.7 Å². The van der Waals surface area contributed by atoms with Gasteiger partial charge in [-0.1, -0.05) is 36.4 Å². The zero-order valence-corrected chi connectivity index (χ0v) is 16.0. The summed E-state index contributed by atoms with van der Waals surface area (Å²) < 4.78 is 11.3. The number of amides is 1. The number of para-hydroxylation sites is 2. The van der Waals surface area contributed by atoms with Crippen LogP contribution in [-0.2, 0) is 4.79 Å². The van der Waals surface area contributed by atoms with Crippen LogP contribution in [0.15, 0.2) is 93.2 Å². The van der Waals surface area contributed by atoms with Crippen molar-refractivity contribution in [2.24, 2.45) is 0 Å². The summed E-state index contributed by atoms with van der Waals surface area (Å²) in [5.41, 5.74) is 1.89. The minimum atomic E-state index is -0.908. The van der Waals surface area contributed by atoms with Gasteiger partial charge in [0.1, 0.15) is 17.4 Å². The Morgan fingerprint density at radius 3 is 2.53 bits per heavy atom. The maximum Gasteiger partial charge on any atom is 0.294 e. The van der Waals surface area contributed by atoms with Crippen molar-refractivity contribution in [3.8, 4) is 0 Å². The van der Waals surface area contributed by atoms with Crippen LogP contribution in [0, 0.1) is 6.92 Å². The Hall–Kier alpha value is -4.06. The van der Waals surface area contributed by atoms with E-state index in [1.807, 2.05) is 37.3 Å². The van der Waals surface area contributed by atoms with E-state index in [1.165, 1.54) is 11.2 Å². The molecule has 1 N–H and O–H groups in total. The van der Waals surface area contributed by atoms with Gasteiger partial charge < -0.3 is 13.9 Å². The lowest BCUT2D eigenvalue weighted by molar-refractivity contribution is -0.117. The van der Waals surface area contributed by atoms with Gasteiger partial charge in [0.25, 0.3) is 5.91 Å². The summed E-state index contributed by atoms with van der Waals surface area (Å²) >= 11 is 0. The van der Waals surface area contributed by atoms with Gasteiger partial charge in [-0.05, 0) is 42.8 Å². The minimum Gasteiger partial charge on any atom is -0.503 e. The fourth-order valence-corrected chi connectivity index (χ4v) is 3.86. The van der Waals surface area contributed by atoms with Crippen LogP contribution < -0.4 is 4.90 Å². The first-order valence-corrected chi connectivity index (χ1v) is 9.45. The molecular formula is C24H17NO5. The number of nitrogens with zero attached hydrogens (tertiary/aromatic N) is 1. The minimum absolute atomic E-state index is 0.0498. The monoisotopic (exact) mass is 399 g/mol. The van der Waals surface area contributed by atoms with Crippen molar-refractivity contribution in [1.29, 1.82) is 0 Å². The Kier molecular flexibility index (Phi) is 4.06. The average Bonchev–Trinajstić information content (AvgIpc) is 3.47. The fourth-order valence-electron chi connectivity index (χ4n) is 3.86. The third kappa shape index (κ3) is 2.65. The second-order valence-corrected chi connectivity index (χ2v) is 7.12. The number of benzene rings is 2. The second kappa shape index (κ2) is 6.77. The molecule has 0 fully saturated rings. The number of carbonyl (C=O) groups is 2. The number of ketones is 1. The predicted molar refractivity (Wildman–Crippen MR) is 110 cm³/mol. The molecule has 1 amide bonds. The number of furan rings is 2. The highest BCUT2D eigenvalue weighted by atomic mass is 16.3. The first-order valence-electron chi connectivity index (χ1n) is 9.45. The van der Waals surface area contributed by atoms with Crippen LogP contribution in [0.5, 0.6) is 0 Å². The lowest BCUT2D eigenvalue weighted by atomic mass is 9.99. The maximum atomic E-state index is 13.4. The number of anilines is 1. The van der Waals surface area contributed by atoms with Gasteiger partial charge in [0.15, 0.2) is 11.5 Å². The Bertz CT molecular complexity index is 1280. The maximum absolute atomic E-state index is 13.4. The quantitative estimate of drug-likeness (QED) is 0.482. The molecule has 0 radical (unpaired) electrons. The van der Waals surface area contributed by atoms with E-state index < -0.39 is 23.5 Å². The molecule has 1 atom stereocenters. The third-order valence-corrected chi connectivity index (χ3v) is 5.29. The molecule has 2 aromatic heterocycles. The average molecular weight is 399 g/mol. The molecule has 30 heavy (non-hydrogen) atoms. The van der Waals surface area contributed by atoms with Gasteiger partial charge in [0.05, 0.1) is 11.8 Å². The number of carbonyl (C=O) groups excluding carboxylic acids is 2. The van der Waals surface area contributed by atoms with E-state index in [-0.39, 0.29) is 11.3 Å². The highest BCUT2D eigenvalue weighted by Gasteiger charge is 2.47. The largest absolute Gasteiger partial charge is 0.503 e. The lowest BCUT2D eigenvalue weighted by Gasteiger charge is -2.26. The molecule has 0 aliphatic carbocycles. The van der Waals surface area contributed by atoms with Gasteiger partial charge in [0.2, 0.25) is 5.78 Å². The standard InChI is InChI=1S/C24H17NO5/c1-14-7-2-4-9-16(14)25-21(18-11-6-12-29-18)20(23(27)24(25)28)22(26)19-13-15-8-3-5-10-17(15)30-19/h2-13,21,27H,1H3. The van der Waals surface area contributed by atoms with Crippen molar-refractivity contribution in [3.63, 3.8) is 0 Å². The Labute approximate surface area is 171 Å². The summed E-state index contributed by atoms with van der Waals surface area (Å²) in [7, 11) is 0. The van der Waals surface area contributed by atoms with E-state index in [0.717, 1.165) is 10.9 Å². The SMILES string of the molecule is Cc1ccccc1N1C(=O)C(O)=C(C(=O)c2cc3ccccc3o2)C1c1ccco1. The van der Waals surface area contributed by atoms with Gasteiger partial charge in [-0.25, -0.2) is 0 Å². The summed E-state index contributed by atoms with van der Waals surface area (Å²) in [6.07, 6.45) is 1.47. The van der Waals surface area contributed by atoms with Crippen molar-refractivity contribution < 1.29 is 23.5 Å². The molecule has 5 rings (SSSR count). The molecule has 148 valence electrons. The molecule has 1 aliphatic heterocycles. The van der Waals surface area contributed by atoms with Gasteiger partial charge in [-0.2, -0.15) is 0 Å². The zero-order chi connectivity index (χ0) is 20.8. The second-order valence-electron chi connectivity index (χ2n) is 7.12. The highest BCUT2D eigenvalue weighted by molar-refractivity contribution is 6.20. The van der Waals surface area contributed by atoms with E-state index >= 15 is 0 Å². The number of fused-ring (bicyclic) bond motifs is 1. The van der Waals surface area contributed by atoms with Crippen LogP contribution in [0.1, 0.15) is 27.9 Å². The molecule has 3 heterocycles. The normalized spacial score (nSPS) is 16.6. The first-order chi connectivity index (χ1) is 14.6. The Balaban J connectivity index is 1.66. The van der Waals surface area contributed by atoms with Crippen LogP contribution in [0.25, 0.3) is 11.0 Å². The number of Topliss-reactive ketones (excluding diaryl/α,β-unsaturated/α-hetero) is 1. The fraction of sp³-hybridized carbons (Fsp3) is 0.0833. The van der Waals surface area contributed by atoms with Gasteiger partial charge in [-0.15, -0.1) is 0 Å². The van der Waals surface area contributed by atoms with Crippen LogP contribution in [0.4, 0.5) is 5.69 Å². The topological polar surface area (TPSA) is 83.9 Å². The Morgan fingerprint density at radius 1 is 1.03 bits per heavy atom. The number of aryl methyl sites for hydroxylation is 1. The van der Waals surface area contributed by atoms with Crippen molar-refractivity contribution in [1.82, 2.24) is 0 Å². The summed E-state index contributed by atoms with van der Waals surface area (Å²) in [5, 5.41) is 11.5. The van der Waals surface area contributed by atoms with Gasteiger partial charge in [-0.3, -0.25) is 14.5 Å². The summed E-state index contributed by atoms with van der Waals surface area (Å²) in [4.78, 5) is 27.9. The predicted octanol–water partition coefficient (Wildman–Crippen LogP) is 5.12. The molecule has 6 nitrogen and oxygen atoms in total. The number of aliphatic hydroxyl groups is 1. The van der Waals surface area contributed by atoms with Crippen molar-refractivity contribution in [2.45, 2.75) is 13.0 Å². The van der Waals surface area contributed by atoms with E-state index in [4.69, 9.17) is 8.83 Å². The molecule has 1 aliphatic rings. The van der Waals surface area contributed by atoms with E-state index in [1.54, 1.807) is 36.4 Å². The molecule has 0 saturated heterocycles. The van der Waals surface area contributed by atoms with E-state index in [0.29, 0.717) is 17.0 Å². The molecule has 1 unspecified atom stereocenters. The van der Waals surface area contributed by atoms with Crippen LogP contribution >= 0.6 is 0 Å². The number of hydrogen-bond donors (Lipinski definition) is 1. The highest BCUT2D eigenvalue weighted by Crippen LogP contribution is 2.43. The van der Waals surface area contributed by atoms with Crippen LogP contribution in [-0.4, -0.2) is 16.8 Å². The third-order valence-electron chi connectivity index (χ3n) is 5.29. The molecule has 0 bridgehead atoms. The molecule has 4 aromatic rings. The smallest absolute Gasteiger partial charge is 0.294 e. The van der Waals surface area contributed by atoms with E-state index in [2.05, 4.69) is 0 Å². The zero-order valence-electron chi connectivity index (χ0n) is 16.0. The number of hydrogen-bond acceptors (Lipinski definition) is 5. The van der Waals surface area contributed by atoms with Crippen molar-refractivity contribution in [2.75, 3.05) is 4.90 Å². The van der Waals surface area contributed by atoms with Gasteiger partial charge in [0, 0.05) is 11.1 Å². The summed E-state index contributed by atoms with van der Waals surface area (Å²) in [5.74, 6) is -1.41. The first kappa shape index (κ1) is 18.0. The Morgan fingerprint density at radius 2 is 1.80 bits per heavy atom. The lowest BCUT2D eigenvalue weighted by Crippen LogP contribution is -2.31. The number of rotatable bonds is 4. The molecule has 0 spiro atoms. The van der Waals surface area contributed by atoms with Crippen molar-refractivity contribution >= 4 is 28.3 Å². The molecule has 6 heteroatoms. The summed E-state index contributed by atoms with van der Waals surface area (Å²) in [6.45, 7) is 1.86. The number of aliphatic hydroxyl groups excluding tert-OH is 1.